The van der Waals surface area contributed by atoms with Crippen molar-refractivity contribution >= 4 is 5.57 Å². The molecule has 0 nitrogen and oxygen atoms in total. The van der Waals surface area contributed by atoms with E-state index < -0.39 is 0 Å². The van der Waals surface area contributed by atoms with Crippen molar-refractivity contribution in [3.05, 3.63) is 65.3 Å². The first kappa shape index (κ1) is 16.8. The lowest BCUT2D eigenvalue weighted by Crippen LogP contribution is -2.33. The molecule has 1 aliphatic carbocycles. The Labute approximate surface area is 136 Å². The predicted molar refractivity (Wildman–Crippen MR) is 99.3 cm³/mol. The summed E-state index contributed by atoms with van der Waals surface area (Å²) in [5, 5.41) is 0. The van der Waals surface area contributed by atoms with Crippen molar-refractivity contribution in [1.29, 1.82) is 0 Å². The van der Waals surface area contributed by atoms with Crippen molar-refractivity contribution in [2.45, 2.75) is 65.2 Å². The summed E-state index contributed by atoms with van der Waals surface area (Å²) in [5.74, 6) is 0. The van der Waals surface area contributed by atoms with Crippen LogP contribution in [0.5, 0.6) is 0 Å². The normalized spacial score (nSPS) is 18.8. The van der Waals surface area contributed by atoms with Crippen LogP contribution in [0.3, 0.4) is 0 Å². The minimum absolute atomic E-state index is 0.255. The molecule has 0 heterocycles. The average molecular weight is 294 g/mol. The Kier molecular flexibility index (Phi) is 4.52. The van der Waals surface area contributed by atoms with E-state index in [0.29, 0.717) is 0 Å². The molecule has 1 aromatic carbocycles. The number of hydrogen-bond donors (Lipinski definition) is 0. The third-order valence-electron chi connectivity index (χ3n) is 4.95. The molecular formula is C22H30. The van der Waals surface area contributed by atoms with Crippen molar-refractivity contribution in [2.75, 3.05) is 0 Å². The Morgan fingerprint density at radius 2 is 1.59 bits per heavy atom. The van der Waals surface area contributed by atoms with E-state index in [2.05, 4.69) is 84.5 Å². The first-order valence-corrected chi connectivity index (χ1v) is 8.29. The maximum absolute atomic E-state index is 4.24. The van der Waals surface area contributed by atoms with Gasteiger partial charge in [-0.25, -0.2) is 0 Å². The van der Waals surface area contributed by atoms with Gasteiger partial charge in [-0.2, -0.15) is 0 Å². The van der Waals surface area contributed by atoms with Crippen LogP contribution < -0.4 is 0 Å². The quantitative estimate of drug-likeness (QED) is 0.553. The molecule has 0 bridgehead atoms. The Morgan fingerprint density at radius 3 is 2.18 bits per heavy atom. The summed E-state index contributed by atoms with van der Waals surface area (Å²) in [7, 11) is 0. The number of hydrogen-bond acceptors (Lipinski definition) is 0. The zero-order valence-electron chi connectivity index (χ0n) is 15.1. The Morgan fingerprint density at radius 1 is 1.00 bits per heavy atom. The van der Waals surface area contributed by atoms with Crippen LogP contribution in [0.4, 0.5) is 0 Å². The summed E-state index contributed by atoms with van der Waals surface area (Å²) in [6.45, 7) is 17.9. The third-order valence-corrected chi connectivity index (χ3v) is 4.95. The fraction of sp³-hybridized carbons (Fsp3) is 0.455. The fourth-order valence-corrected chi connectivity index (χ4v) is 3.24. The van der Waals surface area contributed by atoms with Crippen molar-refractivity contribution < 1.29 is 0 Å². The lowest BCUT2D eigenvalue weighted by Gasteiger charge is -2.42. The zero-order valence-corrected chi connectivity index (χ0v) is 15.1. The van der Waals surface area contributed by atoms with Gasteiger partial charge >= 0.3 is 0 Å². The highest BCUT2D eigenvalue weighted by molar-refractivity contribution is 5.73. The summed E-state index contributed by atoms with van der Waals surface area (Å²) in [5.41, 5.74) is 7.17. The molecule has 0 atom stereocenters. The largest absolute Gasteiger partial charge is 0.0912 e. The number of allylic oxidation sites excluding steroid dienone is 5. The van der Waals surface area contributed by atoms with Crippen LogP contribution in [0, 0.1) is 0 Å². The van der Waals surface area contributed by atoms with Gasteiger partial charge in [0.15, 0.2) is 0 Å². The maximum Gasteiger partial charge on any atom is -0.0100 e. The molecular weight excluding hydrogens is 264 g/mol. The lowest BCUT2D eigenvalue weighted by atomic mass is 9.63. The second-order valence-electron chi connectivity index (χ2n) is 8.16. The topological polar surface area (TPSA) is 0 Å². The van der Waals surface area contributed by atoms with Crippen LogP contribution in [0.25, 0.3) is 5.57 Å². The number of fused-ring (bicyclic) bond motifs is 1. The molecule has 2 rings (SSSR count). The first-order chi connectivity index (χ1) is 10.1. The Bertz CT molecular complexity index is 632. The molecule has 0 amide bonds. The summed E-state index contributed by atoms with van der Waals surface area (Å²) in [6, 6.07) is 6.92. The molecule has 0 unspecified atom stereocenters. The van der Waals surface area contributed by atoms with Crippen LogP contribution in [-0.2, 0) is 10.8 Å². The minimum Gasteiger partial charge on any atom is -0.0912 e. The molecule has 22 heavy (non-hydrogen) atoms. The second-order valence-corrected chi connectivity index (χ2v) is 8.16. The highest BCUT2D eigenvalue weighted by Crippen LogP contribution is 2.46. The molecule has 0 saturated heterocycles. The van der Waals surface area contributed by atoms with E-state index in [1.807, 2.05) is 0 Å². The van der Waals surface area contributed by atoms with E-state index in [9.17, 15) is 0 Å². The average Bonchev–Trinajstić information content (AvgIpc) is 2.43. The zero-order chi connectivity index (χ0) is 16.5. The van der Waals surface area contributed by atoms with Gasteiger partial charge in [0.2, 0.25) is 0 Å². The molecule has 1 aromatic rings. The molecule has 0 radical (unpaired) electrons. The SMILES string of the molecule is C=C(/C=C\C=C(C)C)c1ccc2c(c1)C(C)(C)CCC2(C)C. The highest BCUT2D eigenvalue weighted by atomic mass is 14.4. The monoisotopic (exact) mass is 294 g/mol. The van der Waals surface area contributed by atoms with Crippen molar-refractivity contribution in [2.24, 2.45) is 0 Å². The van der Waals surface area contributed by atoms with Gasteiger partial charge in [-0.05, 0) is 59.8 Å². The standard InChI is InChI=1S/C22H30/c1-16(2)9-8-10-17(3)18-11-12-19-20(15-18)22(6,7)14-13-21(19,4)5/h8-12,15H,3,13-14H2,1-2,4-7H3/b10-8-. The predicted octanol–water partition coefficient (Wildman–Crippen LogP) is 6.57. The molecule has 0 fully saturated rings. The molecule has 0 saturated carbocycles. The lowest BCUT2D eigenvalue weighted by molar-refractivity contribution is 0.332. The summed E-state index contributed by atoms with van der Waals surface area (Å²) < 4.78 is 0. The van der Waals surface area contributed by atoms with Gasteiger partial charge in [-0.1, -0.05) is 76.3 Å². The highest BCUT2D eigenvalue weighted by Gasteiger charge is 2.36. The molecule has 0 aliphatic heterocycles. The van der Waals surface area contributed by atoms with E-state index in [1.165, 1.54) is 35.1 Å². The number of rotatable bonds is 3. The maximum atomic E-state index is 4.24. The van der Waals surface area contributed by atoms with Crippen LogP contribution in [0.15, 0.2) is 48.6 Å². The van der Waals surface area contributed by atoms with Crippen LogP contribution >= 0.6 is 0 Å². The van der Waals surface area contributed by atoms with E-state index in [-0.39, 0.29) is 10.8 Å². The van der Waals surface area contributed by atoms with E-state index in [1.54, 1.807) is 0 Å². The van der Waals surface area contributed by atoms with Gasteiger partial charge in [0.25, 0.3) is 0 Å². The van der Waals surface area contributed by atoms with Gasteiger partial charge in [0, 0.05) is 0 Å². The van der Waals surface area contributed by atoms with E-state index >= 15 is 0 Å². The molecule has 0 spiro atoms. The summed E-state index contributed by atoms with van der Waals surface area (Å²) in [6.07, 6.45) is 8.82. The van der Waals surface area contributed by atoms with Gasteiger partial charge in [0.1, 0.15) is 0 Å². The number of benzene rings is 1. The van der Waals surface area contributed by atoms with Gasteiger partial charge in [-0.3, -0.25) is 0 Å². The van der Waals surface area contributed by atoms with Crippen LogP contribution in [0.1, 0.15) is 71.1 Å². The molecule has 0 N–H and O–H groups in total. The fourth-order valence-electron chi connectivity index (χ4n) is 3.24. The third kappa shape index (κ3) is 3.43. The minimum atomic E-state index is 0.255. The van der Waals surface area contributed by atoms with Crippen molar-refractivity contribution in [3.8, 4) is 0 Å². The second kappa shape index (κ2) is 5.91. The van der Waals surface area contributed by atoms with Crippen molar-refractivity contribution in [3.63, 3.8) is 0 Å². The molecule has 118 valence electrons. The first-order valence-electron chi connectivity index (χ1n) is 8.29. The molecule has 0 heteroatoms. The van der Waals surface area contributed by atoms with E-state index in [4.69, 9.17) is 0 Å². The van der Waals surface area contributed by atoms with Crippen LogP contribution in [0.2, 0.25) is 0 Å². The molecule has 0 aromatic heterocycles. The van der Waals surface area contributed by atoms with Gasteiger partial charge < -0.3 is 0 Å². The van der Waals surface area contributed by atoms with Crippen LogP contribution in [-0.4, -0.2) is 0 Å². The smallest absolute Gasteiger partial charge is 0.0100 e. The van der Waals surface area contributed by atoms with Gasteiger partial charge in [0.05, 0.1) is 0 Å². The Hall–Kier alpha value is -1.56. The summed E-state index contributed by atoms with van der Waals surface area (Å²) in [4.78, 5) is 0. The summed E-state index contributed by atoms with van der Waals surface area (Å²) >= 11 is 0. The Balaban J connectivity index is 2.40. The molecule has 1 aliphatic rings. The van der Waals surface area contributed by atoms with E-state index in [0.717, 1.165) is 5.57 Å². The van der Waals surface area contributed by atoms with Crippen molar-refractivity contribution in [1.82, 2.24) is 0 Å². The van der Waals surface area contributed by atoms with Gasteiger partial charge in [-0.15, -0.1) is 0 Å².